The average molecular weight is 540 g/mol. The van der Waals surface area contributed by atoms with E-state index in [9.17, 15) is 13.0 Å². The number of rotatable bonds is 23. The minimum absolute atomic E-state index is 0.163. The van der Waals surface area contributed by atoms with Crippen LogP contribution in [0.5, 0.6) is 0 Å². The van der Waals surface area contributed by atoms with Gasteiger partial charge < -0.3 is 4.74 Å². The van der Waals surface area contributed by atoms with Gasteiger partial charge in [0.15, 0.2) is 0 Å². The summed E-state index contributed by atoms with van der Waals surface area (Å²) >= 11 is 0. The van der Waals surface area contributed by atoms with Crippen LogP contribution in [0.3, 0.4) is 0 Å². The second-order valence-corrected chi connectivity index (χ2v) is 11.8. The summed E-state index contributed by atoms with van der Waals surface area (Å²) in [6, 6.07) is 8.31. The van der Waals surface area contributed by atoms with Crippen LogP contribution < -0.4 is 0 Å². The zero-order valence-electron chi connectivity index (χ0n) is 23.4. The van der Waals surface area contributed by atoms with Gasteiger partial charge in [0.1, 0.15) is 6.10 Å². The third kappa shape index (κ3) is 16.6. The maximum atomic E-state index is 11.3. The Kier molecular flexibility index (Phi) is 17.4. The summed E-state index contributed by atoms with van der Waals surface area (Å²) in [7, 11) is -4.52. The predicted octanol–water partition coefficient (Wildman–Crippen LogP) is 7.51. The monoisotopic (exact) mass is 539 g/mol. The summed E-state index contributed by atoms with van der Waals surface area (Å²) in [6.07, 6.45) is 21.5. The van der Waals surface area contributed by atoms with Crippen molar-refractivity contribution in [3.05, 3.63) is 35.4 Å². The van der Waals surface area contributed by atoms with Gasteiger partial charge in [-0.15, -0.1) is 0 Å². The quantitative estimate of drug-likeness (QED) is 0.115. The van der Waals surface area contributed by atoms with Crippen molar-refractivity contribution in [2.45, 2.75) is 129 Å². The molecular weight excluding hydrogens is 486 g/mol. The summed E-state index contributed by atoms with van der Waals surface area (Å²) in [6.45, 7) is 5.02. The first-order valence-corrected chi connectivity index (χ1v) is 16.4. The number of benzene rings is 1. The van der Waals surface area contributed by atoms with Gasteiger partial charge >= 0.3 is 10.4 Å². The summed E-state index contributed by atoms with van der Waals surface area (Å²) in [5.41, 5.74) is 2.60. The molecule has 1 N–H and O–H groups in total. The Hall–Kier alpha value is -0.990. The van der Waals surface area contributed by atoms with Gasteiger partial charge in [-0.1, -0.05) is 128 Å². The van der Waals surface area contributed by atoms with E-state index >= 15 is 0 Å². The Morgan fingerprint density at radius 1 is 0.811 bits per heavy atom. The van der Waals surface area contributed by atoms with Gasteiger partial charge in [0.2, 0.25) is 0 Å². The van der Waals surface area contributed by atoms with Crippen molar-refractivity contribution in [2.75, 3.05) is 26.3 Å². The molecule has 0 bridgehead atoms. The number of ether oxygens (including phenoxy) is 1. The van der Waals surface area contributed by atoms with Gasteiger partial charge in [-0.25, -0.2) is 4.18 Å². The van der Waals surface area contributed by atoms with Crippen LogP contribution in [0.15, 0.2) is 24.3 Å². The molecule has 2 rings (SSSR count). The molecule has 1 aromatic carbocycles. The van der Waals surface area contributed by atoms with E-state index in [1.807, 2.05) is 12.1 Å². The maximum Gasteiger partial charge on any atom is 0.397 e. The molecule has 1 aliphatic rings. The van der Waals surface area contributed by atoms with Crippen LogP contribution in [-0.4, -0.2) is 50.3 Å². The van der Waals surface area contributed by atoms with Crippen molar-refractivity contribution in [1.29, 1.82) is 0 Å². The number of hydrogen-bond donors (Lipinski definition) is 1. The summed E-state index contributed by atoms with van der Waals surface area (Å²) in [5, 5.41) is 0. The molecule has 0 radical (unpaired) electrons. The zero-order chi connectivity index (χ0) is 26.6. The topological polar surface area (TPSA) is 76.1 Å². The lowest BCUT2D eigenvalue weighted by atomic mass is 10.00. The van der Waals surface area contributed by atoms with E-state index < -0.39 is 16.5 Å². The summed E-state index contributed by atoms with van der Waals surface area (Å²) < 4.78 is 42.5. The summed E-state index contributed by atoms with van der Waals surface area (Å²) in [4.78, 5) is 2.16. The highest BCUT2D eigenvalue weighted by Crippen LogP contribution is 2.19. The highest BCUT2D eigenvalue weighted by atomic mass is 32.3. The Balaban J connectivity index is 1.45. The highest BCUT2D eigenvalue weighted by Gasteiger charge is 2.23. The minimum atomic E-state index is -4.52. The lowest BCUT2D eigenvalue weighted by Crippen LogP contribution is -2.40. The van der Waals surface area contributed by atoms with Crippen LogP contribution >= 0.6 is 0 Å². The van der Waals surface area contributed by atoms with Crippen molar-refractivity contribution >= 4 is 10.4 Å². The van der Waals surface area contributed by atoms with Gasteiger partial charge in [-0.3, -0.25) is 9.45 Å². The third-order valence-electron chi connectivity index (χ3n) is 7.38. The minimum Gasteiger partial charge on any atom is -0.379 e. The smallest absolute Gasteiger partial charge is 0.379 e. The van der Waals surface area contributed by atoms with E-state index in [0.29, 0.717) is 13.2 Å². The lowest BCUT2D eigenvalue weighted by molar-refractivity contribution is 0.0240. The molecule has 0 fully saturated rings. The Morgan fingerprint density at radius 3 is 1.86 bits per heavy atom. The third-order valence-corrected chi connectivity index (χ3v) is 7.89. The van der Waals surface area contributed by atoms with Gasteiger partial charge in [-0.05, 0) is 24.0 Å². The summed E-state index contributed by atoms with van der Waals surface area (Å²) in [5.74, 6) is 0. The number of hydrogen-bond acceptors (Lipinski definition) is 5. The number of nitrogens with zero attached hydrogens (tertiary/aromatic N) is 1. The van der Waals surface area contributed by atoms with Gasteiger partial charge in [0.05, 0.1) is 6.61 Å². The fraction of sp³-hybridized carbons (Fsp3) is 0.800. The van der Waals surface area contributed by atoms with Crippen molar-refractivity contribution in [1.82, 2.24) is 4.90 Å². The van der Waals surface area contributed by atoms with Crippen LogP contribution in [0.4, 0.5) is 0 Å². The molecule has 0 aromatic heterocycles. The van der Waals surface area contributed by atoms with Crippen LogP contribution in [0.2, 0.25) is 0 Å². The molecule has 1 aromatic rings. The molecule has 7 heteroatoms. The molecule has 6 nitrogen and oxygen atoms in total. The highest BCUT2D eigenvalue weighted by molar-refractivity contribution is 7.80. The second kappa shape index (κ2) is 20.0. The van der Waals surface area contributed by atoms with E-state index in [-0.39, 0.29) is 6.61 Å². The molecule has 0 aliphatic carbocycles. The van der Waals surface area contributed by atoms with E-state index in [1.54, 1.807) is 0 Å². The largest absolute Gasteiger partial charge is 0.397 e. The van der Waals surface area contributed by atoms with E-state index in [0.717, 1.165) is 32.4 Å². The zero-order valence-corrected chi connectivity index (χ0v) is 24.2. The molecule has 37 heavy (non-hydrogen) atoms. The fourth-order valence-corrected chi connectivity index (χ4v) is 5.71. The number of fused-ring (bicyclic) bond motifs is 1. The molecular formula is C30H53NO5S. The number of unbranched alkanes of at least 4 members (excludes halogenated alkanes) is 15. The second-order valence-electron chi connectivity index (χ2n) is 10.8. The van der Waals surface area contributed by atoms with Crippen molar-refractivity contribution < 1.29 is 21.9 Å². The molecule has 214 valence electrons. The van der Waals surface area contributed by atoms with E-state index in [2.05, 4.69) is 24.0 Å². The van der Waals surface area contributed by atoms with Crippen molar-refractivity contribution in [3.8, 4) is 0 Å². The molecule has 0 spiro atoms. The average Bonchev–Trinajstić information content (AvgIpc) is 2.87. The first-order chi connectivity index (χ1) is 18.0. The fourth-order valence-electron chi connectivity index (χ4n) is 5.25. The molecule has 0 saturated carbocycles. The van der Waals surface area contributed by atoms with Gasteiger partial charge in [0.25, 0.3) is 0 Å². The standard InChI is InChI=1S/C30H53NO5S/c1-2-3-4-5-6-7-8-9-10-11-12-13-14-15-16-19-24-35-27-30(36-37(32,33)34)26-31-23-22-28-20-17-18-21-29(28)25-31/h17-18,20-21,30H,2-16,19,22-27H2,1H3,(H,32,33,34). The molecule has 1 heterocycles. The van der Waals surface area contributed by atoms with Crippen LogP contribution in [0.25, 0.3) is 0 Å². The van der Waals surface area contributed by atoms with Crippen LogP contribution in [-0.2, 0) is 32.3 Å². The molecule has 0 saturated heterocycles. The Bertz CT molecular complexity index is 801. The first kappa shape index (κ1) is 32.2. The Labute approximate surface area is 227 Å². The first-order valence-electron chi connectivity index (χ1n) is 15.0. The van der Waals surface area contributed by atoms with Gasteiger partial charge in [-0.2, -0.15) is 8.42 Å². The molecule has 1 unspecified atom stereocenters. The van der Waals surface area contributed by atoms with Crippen LogP contribution in [0, 0.1) is 0 Å². The lowest BCUT2D eigenvalue weighted by Gasteiger charge is -2.31. The van der Waals surface area contributed by atoms with E-state index in [4.69, 9.17) is 8.92 Å². The normalized spacial score (nSPS) is 15.1. The molecule has 0 amide bonds. The molecule has 1 atom stereocenters. The van der Waals surface area contributed by atoms with Crippen LogP contribution in [0.1, 0.15) is 121 Å². The van der Waals surface area contributed by atoms with Gasteiger partial charge in [0, 0.05) is 26.2 Å². The van der Waals surface area contributed by atoms with Crippen molar-refractivity contribution in [2.24, 2.45) is 0 Å². The van der Waals surface area contributed by atoms with Crippen molar-refractivity contribution in [3.63, 3.8) is 0 Å². The molecule has 1 aliphatic heterocycles. The maximum absolute atomic E-state index is 11.3. The van der Waals surface area contributed by atoms with E-state index in [1.165, 1.54) is 101 Å². The predicted molar refractivity (Wildman–Crippen MR) is 152 cm³/mol. The Morgan fingerprint density at radius 2 is 1.32 bits per heavy atom. The SMILES string of the molecule is CCCCCCCCCCCCCCCCCCOCC(CN1CCc2ccccc2C1)OS(=O)(=O)O.